The number of rotatable bonds is 17. The number of aryl methyl sites for hydroxylation is 1. The highest BCUT2D eigenvalue weighted by Gasteiger charge is 2.34. The number of likely N-dealkylation sites (tertiary alicyclic amines) is 1. The van der Waals surface area contributed by atoms with Gasteiger partial charge >= 0.3 is 11.9 Å². The van der Waals surface area contributed by atoms with Crippen molar-refractivity contribution in [1.29, 1.82) is 0 Å². The fraction of sp³-hybridized carbons (Fsp3) is 0.594. The van der Waals surface area contributed by atoms with Gasteiger partial charge in [-0.25, -0.2) is 4.98 Å². The first-order valence-electron chi connectivity index (χ1n) is 15.5. The average Bonchev–Trinajstić information content (AvgIpc) is 3.44. The molecule has 236 valence electrons. The second kappa shape index (κ2) is 17.4. The Morgan fingerprint density at radius 2 is 1.93 bits per heavy atom. The Labute approximate surface area is 255 Å². The number of hydrogen-bond donors (Lipinski definition) is 2. The van der Waals surface area contributed by atoms with Gasteiger partial charge in [0.2, 0.25) is 11.9 Å². The van der Waals surface area contributed by atoms with E-state index in [-0.39, 0.29) is 36.8 Å². The summed E-state index contributed by atoms with van der Waals surface area (Å²) in [4.78, 5) is 50.8. The Hall–Kier alpha value is -3.73. The molecule has 2 heterocycles. The number of hydrogen-bond acceptors (Lipinski definition) is 10. The molecule has 1 aromatic heterocycles. The molecule has 0 aliphatic carbocycles. The van der Waals surface area contributed by atoms with E-state index in [1.807, 2.05) is 41.0 Å². The van der Waals surface area contributed by atoms with Gasteiger partial charge in [-0.3, -0.25) is 19.3 Å². The topological polar surface area (TPSA) is 140 Å². The number of nitrogen functional groups attached to an aromatic ring is 1. The van der Waals surface area contributed by atoms with Crippen LogP contribution in [0.25, 0.3) is 0 Å². The van der Waals surface area contributed by atoms with Crippen molar-refractivity contribution in [2.75, 3.05) is 50.9 Å². The van der Waals surface area contributed by atoms with E-state index in [1.165, 1.54) is 7.11 Å². The molecule has 11 nitrogen and oxygen atoms in total. The number of anilines is 2. The van der Waals surface area contributed by atoms with Crippen LogP contribution in [0.15, 0.2) is 24.3 Å². The van der Waals surface area contributed by atoms with E-state index < -0.39 is 6.04 Å². The molecule has 1 aromatic carbocycles. The van der Waals surface area contributed by atoms with Gasteiger partial charge in [0.1, 0.15) is 11.9 Å². The largest absolute Gasteiger partial charge is 0.469 e. The minimum absolute atomic E-state index is 0.0576. The van der Waals surface area contributed by atoms with Crippen LogP contribution in [0.3, 0.4) is 0 Å². The molecule has 1 fully saturated rings. The molecule has 3 rings (SSSR count). The zero-order valence-corrected chi connectivity index (χ0v) is 26.2. The highest BCUT2D eigenvalue weighted by Crippen LogP contribution is 2.22. The summed E-state index contributed by atoms with van der Waals surface area (Å²) in [5.74, 6) is 0.350. The zero-order chi connectivity index (χ0) is 31.2. The summed E-state index contributed by atoms with van der Waals surface area (Å²) in [7, 11) is 1.37. The van der Waals surface area contributed by atoms with Crippen LogP contribution in [-0.4, -0.2) is 83.6 Å². The third-order valence-electron chi connectivity index (χ3n) is 7.71. The van der Waals surface area contributed by atoms with Gasteiger partial charge in [0, 0.05) is 30.9 Å². The predicted octanol–water partition coefficient (Wildman–Crippen LogP) is 3.67. The average molecular weight is 597 g/mol. The Morgan fingerprint density at radius 1 is 1.14 bits per heavy atom. The van der Waals surface area contributed by atoms with E-state index in [0.717, 1.165) is 60.4 Å². The smallest absolute Gasteiger partial charge is 0.323 e. The summed E-state index contributed by atoms with van der Waals surface area (Å²) in [6.45, 7) is 8.70. The Bertz CT molecular complexity index is 1220. The fourth-order valence-electron chi connectivity index (χ4n) is 5.48. The van der Waals surface area contributed by atoms with E-state index in [2.05, 4.69) is 22.2 Å². The zero-order valence-electron chi connectivity index (χ0n) is 26.2. The highest BCUT2D eigenvalue weighted by atomic mass is 16.5. The predicted molar refractivity (Wildman–Crippen MR) is 166 cm³/mol. The van der Waals surface area contributed by atoms with Gasteiger partial charge in [-0.2, -0.15) is 4.98 Å². The van der Waals surface area contributed by atoms with E-state index in [9.17, 15) is 14.4 Å². The minimum Gasteiger partial charge on any atom is -0.469 e. The SMILES string of the molecule is CCCCCNc1nc(N)nc(C)c1CCCN(Cc1cccc(CC(=O)OC)c1)C(=O)CN1CCCC1C(=O)OCC. The van der Waals surface area contributed by atoms with Crippen molar-refractivity contribution in [3.63, 3.8) is 0 Å². The fourth-order valence-corrected chi connectivity index (χ4v) is 5.48. The number of amides is 1. The molecule has 0 radical (unpaired) electrons. The Kier molecular flexibility index (Phi) is 13.7. The number of ether oxygens (including phenoxy) is 2. The molecule has 0 bridgehead atoms. The number of esters is 2. The maximum Gasteiger partial charge on any atom is 0.323 e. The molecular formula is C32H48N6O5. The molecule has 0 spiro atoms. The number of carbonyl (C=O) groups is 3. The van der Waals surface area contributed by atoms with Crippen LogP contribution in [-0.2, 0) is 43.2 Å². The van der Waals surface area contributed by atoms with E-state index in [4.69, 9.17) is 15.2 Å². The molecule has 3 N–H and O–H groups in total. The lowest BCUT2D eigenvalue weighted by Gasteiger charge is -2.28. The molecular weight excluding hydrogens is 548 g/mol. The van der Waals surface area contributed by atoms with Gasteiger partial charge in [0.15, 0.2) is 0 Å². The first kappa shape index (κ1) is 33.8. The summed E-state index contributed by atoms with van der Waals surface area (Å²) in [5, 5.41) is 3.43. The number of nitrogens with two attached hydrogens (primary N) is 1. The molecule has 1 saturated heterocycles. The van der Waals surface area contributed by atoms with Crippen LogP contribution < -0.4 is 11.1 Å². The van der Waals surface area contributed by atoms with Crippen LogP contribution >= 0.6 is 0 Å². The molecule has 2 aromatic rings. The van der Waals surface area contributed by atoms with E-state index in [1.54, 1.807) is 6.92 Å². The summed E-state index contributed by atoms with van der Waals surface area (Å²) >= 11 is 0. The van der Waals surface area contributed by atoms with Crippen molar-refractivity contribution in [2.45, 2.75) is 84.7 Å². The number of nitrogens with one attached hydrogen (secondary N) is 1. The third-order valence-corrected chi connectivity index (χ3v) is 7.71. The second-order valence-corrected chi connectivity index (χ2v) is 11.0. The summed E-state index contributed by atoms with van der Waals surface area (Å²) in [5.41, 5.74) is 9.53. The molecule has 1 aliphatic rings. The minimum atomic E-state index is -0.398. The van der Waals surface area contributed by atoms with Crippen LogP contribution in [0.1, 0.15) is 74.8 Å². The number of unbranched alkanes of at least 4 members (excludes halogenated alkanes) is 2. The first-order valence-corrected chi connectivity index (χ1v) is 15.5. The van der Waals surface area contributed by atoms with Gasteiger partial charge in [-0.15, -0.1) is 0 Å². The standard InChI is InChI=1S/C32H48N6O5/c1-5-7-8-16-34-30-26(23(3)35-32(33)36-30)14-10-18-38(21-25-13-9-12-24(19-25)20-29(40)42-4)28(39)22-37-17-11-15-27(37)31(41)43-6-2/h9,12-13,19,27H,5-8,10-11,14-18,20-22H2,1-4H3,(H3,33,34,35,36). The Morgan fingerprint density at radius 3 is 2.67 bits per heavy atom. The number of carbonyl (C=O) groups excluding carboxylic acids is 3. The number of methoxy groups -OCH3 is 1. The molecule has 1 aliphatic heterocycles. The number of aromatic nitrogens is 2. The third kappa shape index (κ3) is 10.5. The van der Waals surface area contributed by atoms with Gasteiger partial charge in [-0.1, -0.05) is 44.0 Å². The molecule has 1 amide bonds. The maximum absolute atomic E-state index is 13.8. The molecule has 43 heavy (non-hydrogen) atoms. The van der Waals surface area contributed by atoms with Crippen LogP contribution in [0.5, 0.6) is 0 Å². The van der Waals surface area contributed by atoms with Crippen molar-refractivity contribution >= 4 is 29.6 Å². The van der Waals surface area contributed by atoms with Gasteiger partial charge in [-0.05, 0) is 63.6 Å². The monoisotopic (exact) mass is 596 g/mol. The number of nitrogens with zero attached hydrogens (tertiary/aromatic N) is 4. The van der Waals surface area contributed by atoms with Crippen molar-refractivity contribution in [1.82, 2.24) is 19.8 Å². The van der Waals surface area contributed by atoms with Crippen LogP contribution in [0.4, 0.5) is 11.8 Å². The lowest BCUT2D eigenvalue weighted by molar-refractivity contribution is -0.149. The van der Waals surface area contributed by atoms with E-state index in [0.29, 0.717) is 45.5 Å². The lowest BCUT2D eigenvalue weighted by atomic mass is 10.1. The highest BCUT2D eigenvalue weighted by molar-refractivity contribution is 5.81. The molecule has 11 heteroatoms. The number of benzene rings is 1. The summed E-state index contributed by atoms with van der Waals surface area (Å²) in [6, 6.07) is 7.25. The van der Waals surface area contributed by atoms with Gasteiger partial charge in [0.05, 0.1) is 26.7 Å². The quantitative estimate of drug-likeness (QED) is 0.205. The Balaban J connectivity index is 1.76. The van der Waals surface area contributed by atoms with Crippen molar-refractivity contribution in [3.8, 4) is 0 Å². The summed E-state index contributed by atoms with van der Waals surface area (Å²) in [6.07, 6.45) is 6.36. The van der Waals surface area contributed by atoms with Gasteiger partial charge < -0.3 is 25.4 Å². The maximum atomic E-state index is 13.8. The van der Waals surface area contributed by atoms with Crippen molar-refractivity contribution in [2.24, 2.45) is 0 Å². The van der Waals surface area contributed by atoms with Crippen LogP contribution in [0, 0.1) is 6.92 Å². The molecule has 1 atom stereocenters. The van der Waals surface area contributed by atoms with Crippen molar-refractivity contribution in [3.05, 3.63) is 46.6 Å². The van der Waals surface area contributed by atoms with E-state index >= 15 is 0 Å². The summed E-state index contributed by atoms with van der Waals surface area (Å²) < 4.78 is 10.1. The van der Waals surface area contributed by atoms with Crippen molar-refractivity contribution < 1.29 is 23.9 Å². The normalized spacial score (nSPS) is 14.8. The van der Waals surface area contributed by atoms with Crippen LogP contribution in [0.2, 0.25) is 0 Å². The van der Waals surface area contributed by atoms with Gasteiger partial charge in [0.25, 0.3) is 0 Å². The first-order chi connectivity index (χ1) is 20.7. The molecule has 0 saturated carbocycles. The lowest BCUT2D eigenvalue weighted by Crippen LogP contribution is -2.45. The second-order valence-electron chi connectivity index (χ2n) is 11.0. The molecule has 1 unspecified atom stereocenters.